The molecule has 0 aliphatic carbocycles. The maximum absolute atomic E-state index is 10.9. The van der Waals surface area contributed by atoms with Gasteiger partial charge in [-0.3, -0.25) is 4.79 Å². The van der Waals surface area contributed by atoms with Crippen molar-refractivity contribution in [3.8, 4) is 0 Å². The van der Waals surface area contributed by atoms with Crippen LogP contribution in [0.1, 0.15) is 22.8 Å². The van der Waals surface area contributed by atoms with Gasteiger partial charge in [0.2, 0.25) is 0 Å². The summed E-state index contributed by atoms with van der Waals surface area (Å²) in [5, 5.41) is 8.82. The predicted molar refractivity (Wildman–Crippen MR) is 42.4 cm³/mol. The molecule has 0 aliphatic rings. The van der Waals surface area contributed by atoms with Crippen molar-refractivity contribution in [1.29, 1.82) is 0 Å². The van der Waals surface area contributed by atoms with Crippen molar-refractivity contribution in [2.24, 2.45) is 0 Å². The van der Waals surface area contributed by atoms with Crippen molar-refractivity contribution < 1.29 is 9.90 Å². The van der Waals surface area contributed by atoms with Crippen LogP contribution < -0.4 is 0 Å². The number of hydrogen-bond acceptors (Lipinski definition) is 2. The summed E-state index contributed by atoms with van der Waals surface area (Å²) in [7, 11) is 0. The molecule has 0 aliphatic heterocycles. The third-order valence-corrected chi connectivity index (χ3v) is 1.57. The maximum atomic E-state index is 10.9. The number of benzene rings is 1. The molecule has 2 nitrogen and oxygen atoms in total. The number of Topliss-reactive ketones (excluding diaryl/α,β-unsaturated/α-hetero) is 1. The highest BCUT2D eigenvalue weighted by molar-refractivity contribution is 5.95. The average Bonchev–Trinajstić information content (AvgIpc) is 2.04. The molecule has 2 heteroatoms. The van der Waals surface area contributed by atoms with Crippen LogP contribution in [0.2, 0.25) is 0 Å². The van der Waals surface area contributed by atoms with E-state index in [1.807, 2.05) is 0 Å². The van der Waals surface area contributed by atoms with Crippen molar-refractivity contribution in [1.82, 2.24) is 0 Å². The summed E-state index contributed by atoms with van der Waals surface area (Å²) in [4.78, 5) is 10.9. The zero-order valence-electron chi connectivity index (χ0n) is 6.37. The molecule has 1 N–H and O–H groups in total. The van der Waals surface area contributed by atoms with Crippen LogP contribution in [0.3, 0.4) is 0 Å². The molecule has 0 saturated carbocycles. The highest BCUT2D eigenvalue weighted by Gasteiger charge is 2.03. The Morgan fingerprint density at radius 2 is 2.09 bits per heavy atom. The zero-order valence-corrected chi connectivity index (χ0v) is 6.37. The highest BCUT2D eigenvalue weighted by atomic mass is 16.3. The number of aliphatic hydroxyl groups is 1. The summed E-state index contributed by atoms with van der Waals surface area (Å²) in [6.45, 7) is 1.42. The van der Waals surface area contributed by atoms with Gasteiger partial charge in [-0.1, -0.05) is 24.3 Å². The summed E-state index contributed by atoms with van der Waals surface area (Å²) in [5.74, 6) is -0.00495. The summed E-state index contributed by atoms with van der Waals surface area (Å²) < 4.78 is 0. The van der Waals surface area contributed by atoms with E-state index in [1.165, 1.54) is 6.92 Å². The molecule has 0 aromatic heterocycles. The Kier molecular flexibility index (Phi) is 2.39. The van der Waals surface area contributed by atoms with E-state index in [1.54, 1.807) is 24.3 Å². The van der Waals surface area contributed by atoms with Gasteiger partial charge in [-0.15, -0.1) is 0 Å². The Balaban J connectivity index is 3.12. The van der Waals surface area contributed by atoms with Gasteiger partial charge in [-0.2, -0.15) is 0 Å². The van der Waals surface area contributed by atoms with Crippen LogP contribution in [-0.4, -0.2) is 10.9 Å². The molecule has 0 saturated heterocycles. The van der Waals surface area contributed by atoms with E-state index >= 15 is 0 Å². The fourth-order valence-corrected chi connectivity index (χ4v) is 1.00. The number of ketones is 1. The Labute approximate surface area is 65.5 Å². The van der Waals surface area contributed by atoms with Crippen LogP contribution in [-0.2, 0) is 6.61 Å². The zero-order chi connectivity index (χ0) is 8.27. The van der Waals surface area contributed by atoms with Crippen LogP contribution in [0.15, 0.2) is 24.3 Å². The first kappa shape index (κ1) is 7.95. The quantitative estimate of drug-likeness (QED) is 0.647. The SMILES string of the molecule is CC(=O)c1ccccc1CO. The van der Waals surface area contributed by atoms with Gasteiger partial charge in [0.15, 0.2) is 5.78 Å². The number of aliphatic hydroxyl groups excluding tert-OH is 1. The molecule has 0 radical (unpaired) electrons. The second-order valence-corrected chi connectivity index (χ2v) is 2.37. The first-order valence-electron chi connectivity index (χ1n) is 3.45. The predicted octanol–water partition coefficient (Wildman–Crippen LogP) is 1.38. The van der Waals surface area contributed by atoms with Crippen molar-refractivity contribution in [3.63, 3.8) is 0 Å². The van der Waals surface area contributed by atoms with E-state index in [4.69, 9.17) is 5.11 Å². The largest absolute Gasteiger partial charge is 0.392 e. The van der Waals surface area contributed by atoms with Crippen molar-refractivity contribution >= 4 is 5.78 Å². The third kappa shape index (κ3) is 1.65. The van der Waals surface area contributed by atoms with Gasteiger partial charge in [-0.25, -0.2) is 0 Å². The normalized spacial score (nSPS) is 9.64. The fraction of sp³-hybridized carbons (Fsp3) is 0.222. The van der Waals surface area contributed by atoms with E-state index in [0.29, 0.717) is 11.1 Å². The number of hydrogen-bond donors (Lipinski definition) is 1. The molecule has 0 spiro atoms. The molecule has 0 unspecified atom stereocenters. The van der Waals surface area contributed by atoms with Gasteiger partial charge in [0.05, 0.1) is 6.61 Å². The minimum absolute atomic E-state index is 0.00495. The topological polar surface area (TPSA) is 37.3 Å². The Bertz CT molecular complexity index is 266. The van der Waals surface area contributed by atoms with Crippen LogP contribution >= 0.6 is 0 Å². The number of carbonyl (C=O) groups excluding carboxylic acids is 1. The first-order chi connectivity index (χ1) is 5.25. The highest BCUT2D eigenvalue weighted by Crippen LogP contribution is 2.08. The molecule has 11 heavy (non-hydrogen) atoms. The van der Waals surface area contributed by atoms with Gasteiger partial charge in [0.25, 0.3) is 0 Å². The van der Waals surface area contributed by atoms with Gasteiger partial charge < -0.3 is 5.11 Å². The second-order valence-electron chi connectivity index (χ2n) is 2.37. The molecular weight excluding hydrogens is 140 g/mol. The van der Waals surface area contributed by atoms with Crippen LogP contribution in [0.5, 0.6) is 0 Å². The fourth-order valence-electron chi connectivity index (χ4n) is 1.00. The van der Waals surface area contributed by atoms with Gasteiger partial charge in [0.1, 0.15) is 0 Å². The van der Waals surface area contributed by atoms with Crippen molar-refractivity contribution in [2.45, 2.75) is 13.5 Å². The first-order valence-corrected chi connectivity index (χ1v) is 3.45. The van der Waals surface area contributed by atoms with Gasteiger partial charge >= 0.3 is 0 Å². The Morgan fingerprint density at radius 1 is 1.45 bits per heavy atom. The second kappa shape index (κ2) is 3.30. The third-order valence-electron chi connectivity index (χ3n) is 1.57. The molecule has 0 bridgehead atoms. The van der Waals surface area contributed by atoms with Crippen molar-refractivity contribution in [2.75, 3.05) is 0 Å². The standard InChI is InChI=1S/C9H10O2/c1-7(11)9-5-3-2-4-8(9)6-10/h2-5,10H,6H2,1H3. The molecule has 0 amide bonds. The maximum Gasteiger partial charge on any atom is 0.160 e. The molecule has 1 aromatic carbocycles. The lowest BCUT2D eigenvalue weighted by molar-refractivity contribution is 0.101. The van der Waals surface area contributed by atoms with Crippen LogP contribution in [0, 0.1) is 0 Å². The molecule has 1 aromatic rings. The Hall–Kier alpha value is -1.15. The minimum Gasteiger partial charge on any atom is -0.392 e. The Morgan fingerprint density at radius 3 is 2.55 bits per heavy atom. The average molecular weight is 150 g/mol. The smallest absolute Gasteiger partial charge is 0.160 e. The van der Waals surface area contributed by atoms with Crippen molar-refractivity contribution in [3.05, 3.63) is 35.4 Å². The molecule has 0 atom stereocenters. The van der Waals surface area contributed by atoms with E-state index in [-0.39, 0.29) is 12.4 Å². The van der Waals surface area contributed by atoms with E-state index < -0.39 is 0 Å². The lowest BCUT2D eigenvalue weighted by Crippen LogP contribution is -1.98. The van der Waals surface area contributed by atoms with Crippen LogP contribution in [0.4, 0.5) is 0 Å². The van der Waals surface area contributed by atoms with Gasteiger partial charge in [-0.05, 0) is 12.5 Å². The number of carbonyl (C=O) groups is 1. The molecule has 0 fully saturated rings. The summed E-state index contributed by atoms with van der Waals surface area (Å²) in [5.41, 5.74) is 1.30. The minimum atomic E-state index is -0.0737. The summed E-state index contributed by atoms with van der Waals surface area (Å²) in [6.07, 6.45) is 0. The molecule has 58 valence electrons. The summed E-state index contributed by atoms with van der Waals surface area (Å²) >= 11 is 0. The van der Waals surface area contributed by atoms with E-state index in [9.17, 15) is 4.79 Å². The van der Waals surface area contributed by atoms with Crippen LogP contribution in [0.25, 0.3) is 0 Å². The lowest BCUT2D eigenvalue weighted by Gasteiger charge is -2.01. The number of rotatable bonds is 2. The summed E-state index contributed by atoms with van der Waals surface area (Å²) in [6, 6.07) is 7.05. The lowest BCUT2D eigenvalue weighted by atomic mass is 10.1. The van der Waals surface area contributed by atoms with E-state index in [2.05, 4.69) is 0 Å². The monoisotopic (exact) mass is 150 g/mol. The molecule has 1 rings (SSSR count). The molecule has 0 heterocycles. The van der Waals surface area contributed by atoms with E-state index in [0.717, 1.165) is 0 Å². The molecular formula is C9H10O2. The van der Waals surface area contributed by atoms with Gasteiger partial charge in [0, 0.05) is 5.56 Å².